The molecule has 3 aromatic rings. The van der Waals surface area contributed by atoms with E-state index in [4.69, 9.17) is 4.74 Å². The molecule has 0 spiro atoms. The molecule has 0 heterocycles. The number of benzene rings is 3. The van der Waals surface area contributed by atoms with E-state index >= 15 is 0 Å². The molecule has 0 fully saturated rings. The molecule has 5 heteroatoms. The Labute approximate surface area is 184 Å². The number of ether oxygens (including phenoxy) is 1. The van der Waals surface area contributed by atoms with Gasteiger partial charge >= 0.3 is 0 Å². The number of amides is 1. The standard InChI is InChI=1S/C26H30N2O3/c1-18-12-19(2)14-25(13-18)31-17-24(29)16-27-20(3)22-10-7-11-23(15-22)28-26(30)21-8-5-4-6-9-21/h4-15,20,24,27,29H,16-17H2,1-3H3,(H,28,30). The summed E-state index contributed by atoms with van der Waals surface area (Å²) in [7, 11) is 0. The van der Waals surface area contributed by atoms with Crippen LogP contribution >= 0.6 is 0 Å². The molecule has 0 saturated carbocycles. The van der Waals surface area contributed by atoms with E-state index in [1.807, 2.05) is 75.4 Å². The van der Waals surface area contributed by atoms with Crippen molar-refractivity contribution in [1.82, 2.24) is 5.32 Å². The Balaban J connectivity index is 1.50. The van der Waals surface area contributed by atoms with Gasteiger partial charge in [0.2, 0.25) is 0 Å². The van der Waals surface area contributed by atoms with Crippen LogP contribution in [-0.2, 0) is 0 Å². The van der Waals surface area contributed by atoms with Crippen molar-refractivity contribution in [2.45, 2.75) is 32.9 Å². The maximum Gasteiger partial charge on any atom is 0.255 e. The van der Waals surface area contributed by atoms with Gasteiger partial charge in [-0.2, -0.15) is 0 Å². The number of hydrogen-bond acceptors (Lipinski definition) is 4. The molecular formula is C26H30N2O3. The number of aliphatic hydroxyl groups excluding tert-OH is 1. The van der Waals surface area contributed by atoms with E-state index in [1.54, 1.807) is 12.1 Å². The highest BCUT2D eigenvalue weighted by atomic mass is 16.5. The summed E-state index contributed by atoms with van der Waals surface area (Å²) < 4.78 is 5.73. The number of aliphatic hydroxyl groups is 1. The molecule has 0 aliphatic carbocycles. The number of hydrogen-bond donors (Lipinski definition) is 3. The Morgan fingerprint density at radius 2 is 1.68 bits per heavy atom. The molecule has 0 aromatic heterocycles. The fraction of sp³-hybridized carbons (Fsp3) is 0.269. The molecule has 2 atom stereocenters. The lowest BCUT2D eigenvalue weighted by atomic mass is 10.1. The van der Waals surface area contributed by atoms with E-state index in [2.05, 4.69) is 16.7 Å². The van der Waals surface area contributed by atoms with Gasteiger partial charge in [0.05, 0.1) is 0 Å². The number of nitrogens with one attached hydrogen (secondary N) is 2. The second-order valence-electron chi connectivity index (χ2n) is 7.86. The van der Waals surface area contributed by atoms with Crippen molar-refractivity contribution in [3.63, 3.8) is 0 Å². The average molecular weight is 419 g/mol. The minimum Gasteiger partial charge on any atom is -0.491 e. The number of carbonyl (C=O) groups excluding carboxylic acids is 1. The van der Waals surface area contributed by atoms with Gasteiger partial charge in [-0.05, 0) is 73.9 Å². The van der Waals surface area contributed by atoms with Crippen LogP contribution in [0.3, 0.4) is 0 Å². The molecule has 2 unspecified atom stereocenters. The minimum atomic E-state index is -0.635. The third-order valence-corrected chi connectivity index (χ3v) is 4.98. The Kier molecular flexibility index (Phi) is 7.82. The van der Waals surface area contributed by atoms with Crippen LogP contribution in [0.2, 0.25) is 0 Å². The monoisotopic (exact) mass is 418 g/mol. The van der Waals surface area contributed by atoms with Gasteiger partial charge in [-0.25, -0.2) is 0 Å². The lowest BCUT2D eigenvalue weighted by molar-refractivity contribution is 0.102. The van der Waals surface area contributed by atoms with Gasteiger partial charge < -0.3 is 20.5 Å². The van der Waals surface area contributed by atoms with Crippen LogP contribution in [0.15, 0.2) is 72.8 Å². The summed E-state index contributed by atoms with van der Waals surface area (Å²) in [5.74, 6) is 0.628. The van der Waals surface area contributed by atoms with Crippen molar-refractivity contribution in [2.75, 3.05) is 18.5 Å². The van der Waals surface area contributed by atoms with Crippen LogP contribution in [0.5, 0.6) is 5.75 Å². The van der Waals surface area contributed by atoms with Crippen LogP contribution < -0.4 is 15.4 Å². The van der Waals surface area contributed by atoms with E-state index in [9.17, 15) is 9.90 Å². The first-order valence-corrected chi connectivity index (χ1v) is 10.5. The van der Waals surface area contributed by atoms with E-state index in [0.717, 1.165) is 28.1 Å². The molecule has 0 saturated heterocycles. The highest BCUT2D eigenvalue weighted by Crippen LogP contribution is 2.19. The molecule has 0 bridgehead atoms. The Morgan fingerprint density at radius 1 is 0.968 bits per heavy atom. The first-order valence-electron chi connectivity index (χ1n) is 10.5. The maximum atomic E-state index is 12.4. The topological polar surface area (TPSA) is 70.6 Å². The largest absolute Gasteiger partial charge is 0.491 e. The summed E-state index contributed by atoms with van der Waals surface area (Å²) in [6.07, 6.45) is -0.635. The first-order chi connectivity index (χ1) is 14.9. The van der Waals surface area contributed by atoms with Crippen molar-refractivity contribution in [3.8, 4) is 5.75 Å². The second-order valence-corrected chi connectivity index (χ2v) is 7.86. The molecule has 5 nitrogen and oxygen atoms in total. The average Bonchev–Trinajstić information content (AvgIpc) is 2.76. The summed E-state index contributed by atoms with van der Waals surface area (Å²) in [5.41, 5.74) is 4.64. The quantitative estimate of drug-likeness (QED) is 0.473. The molecule has 0 radical (unpaired) electrons. The highest BCUT2D eigenvalue weighted by Gasteiger charge is 2.12. The summed E-state index contributed by atoms with van der Waals surface area (Å²) in [5, 5.41) is 16.6. The zero-order valence-electron chi connectivity index (χ0n) is 18.3. The molecule has 31 heavy (non-hydrogen) atoms. The molecule has 3 aromatic carbocycles. The van der Waals surface area contributed by atoms with Gasteiger partial charge in [0.25, 0.3) is 5.91 Å². The van der Waals surface area contributed by atoms with Crippen molar-refractivity contribution in [2.24, 2.45) is 0 Å². The lowest BCUT2D eigenvalue weighted by Gasteiger charge is -2.19. The number of anilines is 1. The number of aryl methyl sites for hydroxylation is 2. The Hall–Kier alpha value is -3.15. The molecule has 0 aliphatic rings. The van der Waals surface area contributed by atoms with Crippen molar-refractivity contribution >= 4 is 11.6 Å². The van der Waals surface area contributed by atoms with Gasteiger partial charge in [-0.3, -0.25) is 4.79 Å². The highest BCUT2D eigenvalue weighted by molar-refractivity contribution is 6.04. The van der Waals surface area contributed by atoms with E-state index in [0.29, 0.717) is 12.1 Å². The molecule has 0 aliphatic heterocycles. The summed E-state index contributed by atoms with van der Waals surface area (Å²) in [6, 6.07) is 22.9. The lowest BCUT2D eigenvalue weighted by Crippen LogP contribution is -2.33. The van der Waals surface area contributed by atoms with Crippen LogP contribution in [-0.4, -0.2) is 30.3 Å². The first kappa shape index (κ1) is 22.5. The Morgan fingerprint density at radius 3 is 2.39 bits per heavy atom. The van der Waals surface area contributed by atoms with Crippen molar-refractivity contribution in [3.05, 3.63) is 95.1 Å². The fourth-order valence-electron chi connectivity index (χ4n) is 3.38. The van der Waals surface area contributed by atoms with E-state index in [1.165, 1.54) is 0 Å². The molecule has 162 valence electrons. The molecule has 3 N–H and O–H groups in total. The van der Waals surface area contributed by atoms with E-state index < -0.39 is 6.10 Å². The van der Waals surface area contributed by atoms with E-state index in [-0.39, 0.29) is 18.6 Å². The predicted molar refractivity (Wildman–Crippen MR) is 125 cm³/mol. The van der Waals surface area contributed by atoms with Crippen LogP contribution in [0.25, 0.3) is 0 Å². The predicted octanol–water partition coefficient (Wildman–Crippen LogP) is 4.65. The van der Waals surface area contributed by atoms with Crippen LogP contribution in [0.1, 0.15) is 40.0 Å². The normalized spacial score (nSPS) is 12.8. The summed E-state index contributed by atoms with van der Waals surface area (Å²) >= 11 is 0. The third-order valence-electron chi connectivity index (χ3n) is 4.98. The zero-order valence-corrected chi connectivity index (χ0v) is 18.3. The SMILES string of the molecule is Cc1cc(C)cc(OCC(O)CNC(C)c2cccc(NC(=O)c3ccccc3)c2)c1. The number of rotatable bonds is 9. The van der Waals surface area contributed by atoms with Gasteiger partial charge in [0.15, 0.2) is 0 Å². The van der Waals surface area contributed by atoms with Gasteiger partial charge in [0.1, 0.15) is 18.5 Å². The summed E-state index contributed by atoms with van der Waals surface area (Å²) in [6.45, 7) is 6.68. The maximum absolute atomic E-state index is 12.4. The summed E-state index contributed by atoms with van der Waals surface area (Å²) in [4.78, 5) is 12.4. The Bertz CT molecular complexity index is 984. The molecule has 1 amide bonds. The van der Waals surface area contributed by atoms with Crippen LogP contribution in [0, 0.1) is 13.8 Å². The zero-order chi connectivity index (χ0) is 22.2. The van der Waals surface area contributed by atoms with Gasteiger partial charge in [-0.1, -0.05) is 36.4 Å². The molecule has 3 rings (SSSR count). The van der Waals surface area contributed by atoms with Crippen molar-refractivity contribution < 1.29 is 14.6 Å². The second kappa shape index (κ2) is 10.8. The van der Waals surface area contributed by atoms with Gasteiger partial charge in [0, 0.05) is 23.8 Å². The van der Waals surface area contributed by atoms with Crippen LogP contribution in [0.4, 0.5) is 5.69 Å². The van der Waals surface area contributed by atoms with Gasteiger partial charge in [-0.15, -0.1) is 0 Å². The number of carbonyl (C=O) groups is 1. The van der Waals surface area contributed by atoms with Crippen molar-refractivity contribution in [1.29, 1.82) is 0 Å². The minimum absolute atomic E-state index is 0.00411. The third kappa shape index (κ3) is 6.95. The molecular weight excluding hydrogens is 388 g/mol. The fourth-order valence-corrected chi connectivity index (χ4v) is 3.38. The smallest absolute Gasteiger partial charge is 0.255 e.